The van der Waals surface area contributed by atoms with Crippen LogP contribution in [0.4, 0.5) is 0 Å². The highest BCUT2D eigenvalue weighted by Crippen LogP contribution is 2.77. The summed E-state index contributed by atoms with van der Waals surface area (Å²) in [4.78, 5) is 24.8. The molecule has 0 radical (unpaired) electrons. The van der Waals surface area contributed by atoms with Gasteiger partial charge in [0.15, 0.2) is 6.10 Å². The van der Waals surface area contributed by atoms with Gasteiger partial charge in [-0.15, -0.1) is 0 Å². The van der Waals surface area contributed by atoms with Crippen molar-refractivity contribution in [3.8, 4) is 0 Å². The van der Waals surface area contributed by atoms with Crippen molar-refractivity contribution in [1.29, 1.82) is 0 Å². The van der Waals surface area contributed by atoms with Gasteiger partial charge in [0.25, 0.3) is 0 Å². The molecule has 3 saturated heterocycles. The Labute approximate surface area is 126 Å². The van der Waals surface area contributed by atoms with Crippen molar-refractivity contribution in [2.75, 3.05) is 0 Å². The Hall–Kier alpha value is -1.18. The Morgan fingerprint density at radius 2 is 1.95 bits per heavy atom. The van der Waals surface area contributed by atoms with Gasteiger partial charge in [0.2, 0.25) is 5.60 Å². The summed E-state index contributed by atoms with van der Waals surface area (Å²) in [5, 5.41) is 21.9. The minimum absolute atomic E-state index is 0.189. The van der Waals surface area contributed by atoms with Crippen molar-refractivity contribution in [2.24, 2.45) is 17.3 Å². The predicted octanol–water partition coefficient (Wildman–Crippen LogP) is -0.867. The molecule has 5 fully saturated rings. The molecule has 0 amide bonds. The summed E-state index contributed by atoms with van der Waals surface area (Å²) in [6.45, 7) is 4.92. The molecule has 2 saturated carbocycles. The van der Waals surface area contributed by atoms with E-state index in [1.165, 1.54) is 0 Å². The van der Waals surface area contributed by atoms with Crippen LogP contribution in [-0.2, 0) is 23.8 Å². The average molecular weight is 310 g/mol. The molecular weight excluding hydrogens is 292 g/mol. The number of carbonyl (C=O) groups excluding carboxylic acids is 2. The number of hydrogen-bond donors (Lipinski definition) is 2. The Morgan fingerprint density at radius 1 is 1.27 bits per heavy atom. The lowest BCUT2D eigenvalue weighted by molar-refractivity contribution is -0.223. The Balaban J connectivity index is 1.76. The van der Waals surface area contributed by atoms with E-state index in [1.54, 1.807) is 20.8 Å². The van der Waals surface area contributed by atoms with E-state index in [4.69, 9.17) is 14.2 Å². The molecule has 3 heterocycles. The van der Waals surface area contributed by atoms with E-state index in [1.807, 2.05) is 0 Å². The van der Waals surface area contributed by atoms with Crippen LogP contribution in [-0.4, -0.2) is 57.3 Å². The first kappa shape index (κ1) is 13.3. The van der Waals surface area contributed by atoms with Crippen LogP contribution in [0.1, 0.15) is 27.2 Å². The highest BCUT2D eigenvalue weighted by atomic mass is 16.7. The third-order valence-electron chi connectivity index (χ3n) is 6.85. The van der Waals surface area contributed by atoms with E-state index in [0.717, 1.165) is 0 Å². The third-order valence-corrected chi connectivity index (χ3v) is 6.85. The lowest BCUT2D eigenvalue weighted by Gasteiger charge is -2.53. The van der Waals surface area contributed by atoms with Gasteiger partial charge in [0.05, 0.1) is 22.5 Å². The van der Waals surface area contributed by atoms with Crippen molar-refractivity contribution in [2.45, 2.75) is 62.3 Å². The molecule has 0 unspecified atom stereocenters. The van der Waals surface area contributed by atoms with Crippen LogP contribution in [0.2, 0.25) is 0 Å². The smallest absolute Gasteiger partial charge is 0.342 e. The first-order chi connectivity index (χ1) is 10.1. The second kappa shape index (κ2) is 3.07. The van der Waals surface area contributed by atoms with E-state index < -0.39 is 64.3 Å². The summed E-state index contributed by atoms with van der Waals surface area (Å²) < 4.78 is 16.5. The van der Waals surface area contributed by atoms with E-state index in [9.17, 15) is 19.8 Å². The number of carbonyl (C=O) groups is 2. The third kappa shape index (κ3) is 0.962. The number of esters is 2. The summed E-state index contributed by atoms with van der Waals surface area (Å²) in [5.74, 6) is -2.51. The van der Waals surface area contributed by atoms with Crippen molar-refractivity contribution in [3.05, 3.63) is 0 Å². The molecule has 3 aliphatic heterocycles. The molecule has 2 bridgehead atoms. The number of rotatable bonds is 1. The Morgan fingerprint density at radius 3 is 2.59 bits per heavy atom. The second-order valence-electron chi connectivity index (χ2n) is 8.06. The van der Waals surface area contributed by atoms with Gasteiger partial charge in [-0.1, -0.05) is 0 Å². The maximum absolute atomic E-state index is 12.4. The van der Waals surface area contributed by atoms with Gasteiger partial charge >= 0.3 is 11.9 Å². The van der Waals surface area contributed by atoms with Gasteiger partial charge in [-0.05, 0) is 20.8 Å². The fourth-order valence-electron chi connectivity index (χ4n) is 5.83. The SMILES string of the molecule is CC(C)(O)[C@H]1[C@@H]2OC(=O)[C@@H]1[C@]1(O)C[C@H]3O[C@@]34C(=O)O[C@@H]2[C@]14C. The van der Waals surface area contributed by atoms with Crippen LogP contribution >= 0.6 is 0 Å². The summed E-state index contributed by atoms with van der Waals surface area (Å²) in [6, 6.07) is 0. The fourth-order valence-corrected chi connectivity index (χ4v) is 5.83. The average Bonchev–Trinajstić information content (AvgIpc) is 2.85. The van der Waals surface area contributed by atoms with Gasteiger partial charge in [-0.25, -0.2) is 4.79 Å². The molecule has 5 aliphatic rings. The van der Waals surface area contributed by atoms with Gasteiger partial charge in [0.1, 0.15) is 12.2 Å². The molecule has 5 rings (SSSR count). The summed E-state index contributed by atoms with van der Waals surface area (Å²) in [7, 11) is 0. The molecule has 0 aromatic rings. The van der Waals surface area contributed by atoms with E-state index in [2.05, 4.69) is 0 Å². The first-order valence-electron chi connectivity index (χ1n) is 7.63. The molecule has 1 spiro atoms. The molecule has 120 valence electrons. The number of ether oxygens (including phenoxy) is 3. The standard InChI is InChI=1S/C15H18O7/c1-12(2,18)6-7-10(16)20-8(6)9-13(3)14(7,19)4-5-15(13,22-5)11(17)21-9/h5-9,18-19H,4H2,1-3H3/t5-,6-,7-,8+,9+,13-,14-,15-/m1/s1. The van der Waals surface area contributed by atoms with E-state index >= 15 is 0 Å². The largest absolute Gasteiger partial charge is 0.458 e. The minimum atomic E-state index is -1.47. The Bertz CT molecular complexity index is 638. The normalized spacial score (nSPS) is 60.7. The maximum Gasteiger partial charge on any atom is 0.342 e. The minimum Gasteiger partial charge on any atom is -0.458 e. The zero-order chi connectivity index (χ0) is 15.9. The van der Waals surface area contributed by atoms with E-state index in [-0.39, 0.29) is 6.42 Å². The predicted molar refractivity (Wildman–Crippen MR) is 68.3 cm³/mol. The number of epoxide rings is 1. The first-order valence-corrected chi connectivity index (χ1v) is 7.63. The summed E-state index contributed by atoms with van der Waals surface area (Å²) >= 11 is 0. The summed E-state index contributed by atoms with van der Waals surface area (Å²) in [6.07, 6.45) is -1.78. The van der Waals surface area contributed by atoms with Gasteiger partial charge in [0, 0.05) is 12.3 Å². The molecule has 2 N–H and O–H groups in total. The number of fused-ring (bicyclic) bond motifs is 4. The highest BCUT2D eigenvalue weighted by molar-refractivity contribution is 5.91. The second-order valence-corrected chi connectivity index (χ2v) is 8.06. The molecular formula is C15H18O7. The van der Waals surface area contributed by atoms with Crippen molar-refractivity contribution in [1.82, 2.24) is 0 Å². The lowest BCUT2D eigenvalue weighted by Crippen LogP contribution is -2.68. The Kier molecular flexibility index (Phi) is 1.85. The molecule has 8 atom stereocenters. The maximum atomic E-state index is 12.4. The van der Waals surface area contributed by atoms with Crippen molar-refractivity contribution >= 4 is 11.9 Å². The molecule has 0 aromatic heterocycles. The highest BCUT2D eigenvalue weighted by Gasteiger charge is 2.95. The monoisotopic (exact) mass is 310 g/mol. The topological polar surface area (TPSA) is 106 Å². The molecule has 22 heavy (non-hydrogen) atoms. The van der Waals surface area contributed by atoms with Crippen molar-refractivity contribution < 1.29 is 34.0 Å². The fraction of sp³-hybridized carbons (Fsp3) is 0.867. The van der Waals surface area contributed by atoms with Crippen LogP contribution in [0.5, 0.6) is 0 Å². The lowest BCUT2D eigenvalue weighted by atomic mass is 9.52. The van der Waals surface area contributed by atoms with Crippen LogP contribution in [0.3, 0.4) is 0 Å². The molecule has 7 heteroatoms. The van der Waals surface area contributed by atoms with Gasteiger partial charge in [-0.3, -0.25) is 4.79 Å². The summed E-state index contributed by atoms with van der Waals surface area (Å²) in [5.41, 5.74) is -4.89. The molecule has 2 aliphatic carbocycles. The van der Waals surface area contributed by atoms with E-state index in [0.29, 0.717) is 0 Å². The van der Waals surface area contributed by atoms with Gasteiger partial charge in [-0.2, -0.15) is 0 Å². The zero-order valence-electron chi connectivity index (χ0n) is 12.5. The van der Waals surface area contributed by atoms with Crippen LogP contribution < -0.4 is 0 Å². The zero-order valence-corrected chi connectivity index (χ0v) is 12.5. The van der Waals surface area contributed by atoms with Crippen LogP contribution in [0.25, 0.3) is 0 Å². The van der Waals surface area contributed by atoms with Crippen LogP contribution in [0.15, 0.2) is 0 Å². The number of aliphatic hydroxyl groups is 2. The quantitative estimate of drug-likeness (QED) is 0.479. The molecule has 0 aromatic carbocycles. The number of hydrogen-bond acceptors (Lipinski definition) is 7. The molecule has 7 nitrogen and oxygen atoms in total. The van der Waals surface area contributed by atoms with Crippen LogP contribution in [0, 0.1) is 17.3 Å². The van der Waals surface area contributed by atoms with Crippen molar-refractivity contribution in [3.63, 3.8) is 0 Å². The van der Waals surface area contributed by atoms with Gasteiger partial charge < -0.3 is 24.4 Å².